The third-order valence-electron chi connectivity index (χ3n) is 4.96. The normalized spacial score (nSPS) is 26.7. The van der Waals surface area contributed by atoms with Crippen molar-refractivity contribution >= 4 is 5.96 Å². The molecule has 0 aliphatic carbocycles. The van der Waals surface area contributed by atoms with Crippen molar-refractivity contribution in [2.24, 2.45) is 22.2 Å². The second-order valence-electron chi connectivity index (χ2n) is 8.43. The Balaban J connectivity index is 1.78. The summed E-state index contributed by atoms with van der Waals surface area (Å²) in [6.07, 6.45) is 3.96. The number of rotatable bonds is 4. The number of nitrogens with zero attached hydrogens (tertiary/aromatic N) is 3. The Labute approximate surface area is 137 Å². The first-order valence-corrected chi connectivity index (χ1v) is 9.07. The predicted octanol–water partition coefficient (Wildman–Crippen LogP) is 2.66. The van der Waals surface area contributed by atoms with Crippen molar-refractivity contribution in [3.63, 3.8) is 0 Å². The molecule has 0 aromatic carbocycles. The van der Waals surface area contributed by atoms with Crippen LogP contribution in [0.4, 0.5) is 0 Å². The minimum absolute atomic E-state index is 0.427. The Kier molecular flexibility index (Phi) is 6.13. The Morgan fingerprint density at radius 3 is 2.68 bits per heavy atom. The molecule has 4 heteroatoms. The molecule has 2 rings (SSSR count). The number of likely N-dealkylation sites (tertiary alicyclic amines) is 2. The molecular weight excluding hydrogens is 272 g/mol. The van der Waals surface area contributed by atoms with Crippen molar-refractivity contribution in [3.8, 4) is 0 Å². The molecule has 0 spiro atoms. The van der Waals surface area contributed by atoms with Gasteiger partial charge >= 0.3 is 0 Å². The number of guanidine groups is 1. The van der Waals surface area contributed by atoms with Crippen LogP contribution < -0.4 is 5.32 Å². The summed E-state index contributed by atoms with van der Waals surface area (Å²) in [7, 11) is 1.92. The smallest absolute Gasteiger partial charge is 0.193 e. The summed E-state index contributed by atoms with van der Waals surface area (Å²) in [5.74, 6) is 2.64. The fourth-order valence-electron chi connectivity index (χ4n) is 3.86. The highest BCUT2D eigenvalue weighted by Crippen LogP contribution is 2.28. The lowest BCUT2D eigenvalue weighted by Crippen LogP contribution is -2.46. The Hall–Kier alpha value is -0.770. The van der Waals surface area contributed by atoms with Crippen LogP contribution in [0.25, 0.3) is 0 Å². The number of aliphatic imine (C=N–C) groups is 1. The fourth-order valence-corrected chi connectivity index (χ4v) is 3.86. The van der Waals surface area contributed by atoms with Crippen LogP contribution in [0.2, 0.25) is 0 Å². The minimum atomic E-state index is 0.427. The van der Waals surface area contributed by atoms with E-state index in [9.17, 15) is 0 Å². The molecule has 2 saturated heterocycles. The lowest BCUT2D eigenvalue weighted by atomic mass is 9.93. The Morgan fingerprint density at radius 1 is 1.32 bits per heavy atom. The van der Waals surface area contributed by atoms with Gasteiger partial charge in [0.15, 0.2) is 5.96 Å². The lowest BCUT2D eigenvalue weighted by Gasteiger charge is -2.34. The molecule has 2 heterocycles. The van der Waals surface area contributed by atoms with E-state index in [1.54, 1.807) is 0 Å². The molecule has 0 saturated carbocycles. The van der Waals surface area contributed by atoms with E-state index in [0.29, 0.717) is 5.41 Å². The zero-order chi connectivity index (χ0) is 16.2. The first-order chi connectivity index (χ1) is 10.4. The van der Waals surface area contributed by atoms with Gasteiger partial charge in [0, 0.05) is 39.8 Å². The van der Waals surface area contributed by atoms with Crippen LogP contribution in [0.3, 0.4) is 0 Å². The first-order valence-electron chi connectivity index (χ1n) is 9.07. The Bertz CT molecular complexity index is 375. The van der Waals surface area contributed by atoms with E-state index in [1.165, 1.54) is 38.9 Å². The van der Waals surface area contributed by atoms with Gasteiger partial charge in [-0.1, -0.05) is 27.7 Å². The first kappa shape index (κ1) is 17.6. The van der Waals surface area contributed by atoms with E-state index in [4.69, 9.17) is 0 Å². The molecule has 2 aliphatic rings. The molecule has 1 atom stereocenters. The lowest BCUT2D eigenvalue weighted by molar-refractivity contribution is 0.159. The summed E-state index contributed by atoms with van der Waals surface area (Å²) in [6.45, 7) is 16.4. The summed E-state index contributed by atoms with van der Waals surface area (Å²) >= 11 is 0. The molecule has 1 unspecified atom stereocenters. The van der Waals surface area contributed by atoms with Crippen LogP contribution in [0.5, 0.6) is 0 Å². The highest BCUT2D eigenvalue weighted by Gasteiger charge is 2.31. The molecule has 0 amide bonds. The van der Waals surface area contributed by atoms with Crippen LogP contribution in [0.15, 0.2) is 4.99 Å². The number of nitrogens with one attached hydrogen (secondary N) is 1. The largest absolute Gasteiger partial charge is 0.356 e. The number of hydrogen-bond acceptors (Lipinski definition) is 2. The quantitative estimate of drug-likeness (QED) is 0.640. The van der Waals surface area contributed by atoms with Gasteiger partial charge in [0.1, 0.15) is 0 Å². The van der Waals surface area contributed by atoms with Crippen LogP contribution >= 0.6 is 0 Å². The number of hydrogen-bond donors (Lipinski definition) is 1. The van der Waals surface area contributed by atoms with Crippen LogP contribution in [0.1, 0.15) is 47.0 Å². The van der Waals surface area contributed by atoms with Gasteiger partial charge in [0.25, 0.3) is 0 Å². The summed E-state index contributed by atoms with van der Waals surface area (Å²) in [4.78, 5) is 9.57. The zero-order valence-corrected chi connectivity index (χ0v) is 15.4. The van der Waals surface area contributed by atoms with Gasteiger partial charge in [0.05, 0.1) is 0 Å². The fraction of sp³-hybridized carbons (Fsp3) is 0.944. The molecule has 2 aliphatic heterocycles. The monoisotopic (exact) mass is 308 g/mol. The van der Waals surface area contributed by atoms with E-state index in [-0.39, 0.29) is 0 Å². The van der Waals surface area contributed by atoms with Crippen molar-refractivity contribution < 1.29 is 0 Å². The molecular formula is C18H36N4. The molecule has 4 nitrogen and oxygen atoms in total. The van der Waals surface area contributed by atoms with Crippen LogP contribution in [-0.2, 0) is 0 Å². The van der Waals surface area contributed by atoms with Gasteiger partial charge in [0.2, 0.25) is 0 Å². The molecule has 0 aromatic rings. The summed E-state index contributed by atoms with van der Waals surface area (Å²) in [5.41, 5.74) is 0.427. The van der Waals surface area contributed by atoms with E-state index in [0.717, 1.165) is 37.4 Å². The maximum Gasteiger partial charge on any atom is 0.193 e. The summed E-state index contributed by atoms with van der Waals surface area (Å²) < 4.78 is 0. The summed E-state index contributed by atoms with van der Waals surface area (Å²) in [5, 5.41) is 3.64. The third kappa shape index (κ3) is 5.15. The van der Waals surface area contributed by atoms with Gasteiger partial charge in [-0.15, -0.1) is 0 Å². The highest BCUT2D eigenvalue weighted by atomic mass is 15.3. The maximum absolute atomic E-state index is 4.51. The second kappa shape index (κ2) is 7.67. The van der Waals surface area contributed by atoms with Gasteiger partial charge in [-0.2, -0.15) is 0 Å². The standard InChI is InChI=1S/C18H36N4/c1-15(2)12-21-9-6-7-16(13-21)11-20-17(19-5)22-10-8-18(3,4)14-22/h15-16H,6-14H2,1-5H3,(H,19,20). The van der Waals surface area contributed by atoms with E-state index >= 15 is 0 Å². The van der Waals surface area contributed by atoms with Gasteiger partial charge < -0.3 is 15.1 Å². The third-order valence-corrected chi connectivity index (χ3v) is 4.96. The van der Waals surface area contributed by atoms with Crippen molar-refractivity contribution in [3.05, 3.63) is 0 Å². The minimum Gasteiger partial charge on any atom is -0.356 e. The topological polar surface area (TPSA) is 30.9 Å². The van der Waals surface area contributed by atoms with Gasteiger partial charge in [-0.3, -0.25) is 4.99 Å². The second-order valence-corrected chi connectivity index (χ2v) is 8.43. The van der Waals surface area contributed by atoms with Crippen molar-refractivity contribution in [2.45, 2.75) is 47.0 Å². The average molecular weight is 309 g/mol. The molecule has 1 N–H and O–H groups in total. The molecule has 0 bridgehead atoms. The zero-order valence-electron chi connectivity index (χ0n) is 15.4. The van der Waals surface area contributed by atoms with Crippen molar-refractivity contribution in [1.82, 2.24) is 15.1 Å². The van der Waals surface area contributed by atoms with E-state index in [1.807, 2.05) is 7.05 Å². The van der Waals surface area contributed by atoms with E-state index < -0.39 is 0 Å². The summed E-state index contributed by atoms with van der Waals surface area (Å²) in [6, 6.07) is 0. The van der Waals surface area contributed by atoms with Gasteiger partial charge in [-0.05, 0) is 43.1 Å². The molecule has 22 heavy (non-hydrogen) atoms. The predicted molar refractivity (Wildman–Crippen MR) is 95.3 cm³/mol. The van der Waals surface area contributed by atoms with Crippen LogP contribution in [-0.4, -0.2) is 62.1 Å². The molecule has 2 fully saturated rings. The molecule has 0 radical (unpaired) electrons. The Morgan fingerprint density at radius 2 is 2.09 bits per heavy atom. The SMILES string of the molecule is CN=C(NCC1CCCN(CC(C)C)C1)N1CCC(C)(C)C1. The van der Waals surface area contributed by atoms with Crippen molar-refractivity contribution in [1.29, 1.82) is 0 Å². The molecule has 128 valence electrons. The van der Waals surface area contributed by atoms with Gasteiger partial charge in [-0.25, -0.2) is 0 Å². The maximum atomic E-state index is 4.51. The molecule has 0 aromatic heterocycles. The van der Waals surface area contributed by atoms with E-state index in [2.05, 4.69) is 47.8 Å². The highest BCUT2D eigenvalue weighted by molar-refractivity contribution is 5.80. The number of piperidine rings is 1. The average Bonchev–Trinajstić information content (AvgIpc) is 2.79. The van der Waals surface area contributed by atoms with Crippen LogP contribution in [0, 0.1) is 17.3 Å². The van der Waals surface area contributed by atoms with Crippen molar-refractivity contribution in [2.75, 3.05) is 46.3 Å².